The molecule has 1 fully saturated rings. The highest BCUT2D eigenvalue weighted by Crippen LogP contribution is 2.46. The number of hydrogen-bond donors (Lipinski definition) is 0. The zero-order chi connectivity index (χ0) is 14.8. The van der Waals surface area contributed by atoms with Crippen LogP contribution in [0.4, 0.5) is 0 Å². The molecular weight excluding hydrogens is 357 g/mol. The maximum atomic E-state index is 9.70. The molecule has 0 spiro atoms. The largest absolute Gasteiger partial charge is 0.198 e. The van der Waals surface area contributed by atoms with Crippen molar-refractivity contribution in [1.29, 1.82) is 5.26 Å². The Morgan fingerprint density at radius 3 is 2.20 bits per heavy atom. The van der Waals surface area contributed by atoms with Gasteiger partial charge in [0.2, 0.25) is 0 Å². The lowest BCUT2D eigenvalue weighted by Gasteiger charge is -2.40. The summed E-state index contributed by atoms with van der Waals surface area (Å²) in [5.74, 6) is 0.765. The molecule has 0 unspecified atom stereocenters. The molecule has 0 atom stereocenters. The van der Waals surface area contributed by atoms with Crippen molar-refractivity contribution in [1.82, 2.24) is 0 Å². The van der Waals surface area contributed by atoms with Gasteiger partial charge in [0.15, 0.2) is 0 Å². The second-order valence-electron chi connectivity index (χ2n) is 7.34. The predicted molar refractivity (Wildman–Crippen MR) is 92.3 cm³/mol. The van der Waals surface area contributed by atoms with Crippen molar-refractivity contribution in [3.8, 4) is 6.07 Å². The highest BCUT2D eigenvalue weighted by Gasteiger charge is 2.38. The Bertz CT molecular complexity index is 482. The SMILES string of the molecule is CC(C)(C)C1CCC(C#N)(Cc2ccc(I)cc2)CC1. The zero-order valence-electron chi connectivity index (χ0n) is 12.7. The van der Waals surface area contributed by atoms with Gasteiger partial charge in [-0.05, 0) is 83.7 Å². The Morgan fingerprint density at radius 1 is 1.20 bits per heavy atom. The van der Waals surface area contributed by atoms with Crippen LogP contribution in [0.2, 0.25) is 0 Å². The number of nitrogens with zero attached hydrogens (tertiary/aromatic N) is 1. The van der Waals surface area contributed by atoms with Crippen LogP contribution in [0.1, 0.15) is 52.0 Å². The Morgan fingerprint density at radius 2 is 1.75 bits per heavy atom. The average Bonchev–Trinajstić information content (AvgIpc) is 2.41. The third-order valence-electron chi connectivity index (χ3n) is 4.86. The highest BCUT2D eigenvalue weighted by atomic mass is 127. The minimum Gasteiger partial charge on any atom is -0.198 e. The second-order valence-corrected chi connectivity index (χ2v) is 8.58. The smallest absolute Gasteiger partial charge is 0.0693 e. The lowest BCUT2D eigenvalue weighted by molar-refractivity contribution is 0.120. The van der Waals surface area contributed by atoms with Crippen molar-refractivity contribution >= 4 is 22.6 Å². The molecule has 1 aromatic rings. The van der Waals surface area contributed by atoms with E-state index >= 15 is 0 Å². The van der Waals surface area contributed by atoms with Crippen LogP contribution in [-0.4, -0.2) is 0 Å². The van der Waals surface area contributed by atoms with Gasteiger partial charge in [-0.3, -0.25) is 0 Å². The van der Waals surface area contributed by atoms with E-state index in [1.54, 1.807) is 0 Å². The van der Waals surface area contributed by atoms with Crippen molar-refractivity contribution in [3.05, 3.63) is 33.4 Å². The molecule has 108 valence electrons. The lowest BCUT2D eigenvalue weighted by atomic mass is 9.63. The lowest BCUT2D eigenvalue weighted by Crippen LogP contribution is -2.33. The van der Waals surface area contributed by atoms with Crippen LogP contribution < -0.4 is 0 Å². The van der Waals surface area contributed by atoms with Gasteiger partial charge >= 0.3 is 0 Å². The number of benzene rings is 1. The van der Waals surface area contributed by atoms with E-state index in [1.165, 1.54) is 22.0 Å². The first-order valence-corrected chi connectivity index (χ1v) is 8.58. The second kappa shape index (κ2) is 6.05. The first kappa shape index (κ1) is 15.8. The topological polar surface area (TPSA) is 23.8 Å². The van der Waals surface area contributed by atoms with Crippen LogP contribution in [0.5, 0.6) is 0 Å². The van der Waals surface area contributed by atoms with Crippen molar-refractivity contribution in [2.75, 3.05) is 0 Å². The molecule has 1 aromatic carbocycles. The Labute approximate surface area is 136 Å². The van der Waals surface area contributed by atoms with Crippen LogP contribution in [0.3, 0.4) is 0 Å². The van der Waals surface area contributed by atoms with Gasteiger partial charge in [0.25, 0.3) is 0 Å². The number of nitriles is 1. The van der Waals surface area contributed by atoms with Crippen LogP contribution >= 0.6 is 22.6 Å². The zero-order valence-corrected chi connectivity index (χ0v) is 14.9. The molecule has 0 aromatic heterocycles. The van der Waals surface area contributed by atoms with Crippen LogP contribution in [0.15, 0.2) is 24.3 Å². The number of rotatable bonds is 2. The molecule has 0 heterocycles. The van der Waals surface area contributed by atoms with E-state index in [4.69, 9.17) is 0 Å². The summed E-state index contributed by atoms with van der Waals surface area (Å²) in [5, 5.41) is 9.70. The maximum absolute atomic E-state index is 9.70. The molecule has 0 saturated heterocycles. The first-order valence-electron chi connectivity index (χ1n) is 7.50. The van der Waals surface area contributed by atoms with Gasteiger partial charge in [-0.2, -0.15) is 5.26 Å². The minimum atomic E-state index is -0.130. The molecule has 0 N–H and O–H groups in total. The fourth-order valence-corrected chi connectivity index (χ4v) is 3.72. The number of hydrogen-bond acceptors (Lipinski definition) is 1. The summed E-state index contributed by atoms with van der Waals surface area (Å²) in [7, 11) is 0. The van der Waals surface area contributed by atoms with Gasteiger partial charge < -0.3 is 0 Å². The third-order valence-corrected chi connectivity index (χ3v) is 5.58. The molecular formula is C18H24IN. The third kappa shape index (κ3) is 3.75. The van der Waals surface area contributed by atoms with E-state index in [-0.39, 0.29) is 5.41 Å². The molecule has 0 bridgehead atoms. The molecule has 0 radical (unpaired) electrons. The van der Waals surface area contributed by atoms with Crippen molar-refractivity contribution in [2.24, 2.45) is 16.7 Å². The summed E-state index contributed by atoms with van der Waals surface area (Å²) < 4.78 is 1.26. The van der Waals surface area contributed by atoms with Gasteiger partial charge in [-0.15, -0.1) is 0 Å². The molecule has 2 rings (SSSR count). The molecule has 1 aliphatic carbocycles. The van der Waals surface area contributed by atoms with E-state index in [9.17, 15) is 5.26 Å². The molecule has 2 heteroatoms. The highest BCUT2D eigenvalue weighted by molar-refractivity contribution is 14.1. The summed E-state index contributed by atoms with van der Waals surface area (Å²) in [6.07, 6.45) is 5.41. The molecule has 1 nitrogen and oxygen atoms in total. The summed E-state index contributed by atoms with van der Waals surface area (Å²) in [6.45, 7) is 6.99. The summed E-state index contributed by atoms with van der Waals surface area (Å²) in [5.41, 5.74) is 1.56. The van der Waals surface area contributed by atoms with E-state index in [2.05, 4.69) is 73.7 Å². The summed E-state index contributed by atoms with van der Waals surface area (Å²) in [6, 6.07) is 11.3. The predicted octanol–water partition coefficient (Wildman–Crippen LogP) is 5.58. The molecule has 20 heavy (non-hydrogen) atoms. The van der Waals surface area contributed by atoms with Gasteiger partial charge in [-0.25, -0.2) is 0 Å². The molecule has 1 aliphatic rings. The van der Waals surface area contributed by atoms with Crippen molar-refractivity contribution in [3.63, 3.8) is 0 Å². The van der Waals surface area contributed by atoms with Crippen LogP contribution in [0, 0.1) is 31.6 Å². The quantitative estimate of drug-likeness (QED) is 0.614. The maximum Gasteiger partial charge on any atom is 0.0693 e. The fourth-order valence-electron chi connectivity index (χ4n) is 3.36. The molecule has 0 amide bonds. The van der Waals surface area contributed by atoms with Gasteiger partial charge in [0.1, 0.15) is 0 Å². The van der Waals surface area contributed by atoms with E-state index in [1.807, 2.05) is 0 Å². The standard InChI is InChI=1S/C18H24IN/c1-17(2,3)15-8-10-18(13-20,11-9-15)12-14-4-6-16(19)7-5-14/h4-7,15H,8-12H2,1-3H3. The van der Waals surface area contributed by atoms with Gasteiger partial charge in [0, 0.05) is 3.57 Å². The normalized spacial score (nSPS) is 27.1. The fraction of sp³-hybridized carbons (Fsp3) is 0.611. The Balaban J connectivity index is 2.06. The monoisotopic (exact) mass is 381 g/mol. The number of halogens is 1. The summed E-state index contributed by atoms with van der Waals surface area (Å²) >= 11 is 2.33. The van der Waals surface area contributed by atoms with E-state index in [0.29, 0.717) is 5.41 Å². The molecule has 1 saturated carbocycles. The van der Waals surface area contributed by atoms with Gasteiger partial charge in [0.05, 0.1) is 11.5 Å². The van der Waals surface area contributed by atoms with E-state index < -0.39 is 0 Å². The van der Waals surface area contributed by atoms with E-state index in [0.717, 1.165) is 25.2 Å². The minimum absolute atomic E-state index is 0.130. The first-order chi connectivity index (χ1) is 9.35. The van der Waals surface area contributed by atoms with Crippen LogP contribution in [-0.2, 0) is 6.42 Å². The Hall–Kier alpha value is -0.560. The summed E-state index contributed by atoms with van der Waals surface area (Å²) in [4.78, 5) is 0. The Kier molecular flexibility index (Phi) is 4.79. The van der Waals surface area contributed by atoms with Crippen molar-refractivity contribution in [2.45, 2.75) is 52.9 Å². The van der Waals surface area contributed by atoms with Gasteiger partial charge in [-0.1, -0.05) is 32.9 Å². The van der Waals surface area contributed by atoms with Crippen LogP contribution in [0.25, 0.3) is 0 Å². The average molecular weight is 381 g/mol. The molecule has 0 aliphatic heterocycles. The van der Waals surface area contributed by atoms with Crippen molar-refractivity contribution < 1.29 is 0 Å².